The Labute approximate surface area is 131 Å². The van der Waals surface area contributed by atoms with Crippen molar-refractivity contribution in [1.29, 1.82) is 0 Å². The number of amides is 1. The van der Waals surface area contributed by atoms with Gasteiger partial charge in [-0.3, -0.25) is 4.79 Å². The summed E-state index contributed by atoms with van der Waals surface area (Å²) in [6, 6.07) is 10.8. The van der Waals surface area contributed by atoms with Gasteiger partial charge in [0.25, 0.3) is 0 Å². The van der Waals surface area contributed by atoms with E-state index in [0.29, 0.717) is 12.5 Å². The number of nitrogens with one attached hydrogen (secondary N) is 1. The highest BCUT2D eigenvalue weighted by Gasteiger charge is 2.20. The molecule has 0 fully saturated rings. The van der Waals surface area contributed by atoms with Crippen LogP contribution in [-0.2, 0) is 11.2 Å². The van der Waals surface area contributed by atoms with E-state index < -0.39 is 0 Å². The number of aromatic hydroxyl groups is 1. The summed E-state index contributed by atoms with van der Waals surface area (Å²) in [6.07, 6.45) is 5.45. The van der Waals surface area contributed by atoms with E-state index in [1.54, 1.807) is 12.1 Å². The van der Waals surface area contributed by atoms with Crippen LogP contribution in [0.2, 0.25) is 0 Å². The molecule has 2 rings (SSSR count). The second kappa shape index (κ2) is 7.69. The summed E-state index contributed by atoms with van der Waals surface area (Å²) in [5, 5.41) is 12.3. The summed E-state index contributed by atoms with van der Waals surface area (Å²) >= 11 is 0. The topological polar surface area (TPSA) is 54.3 Å². The SMILES string of the molecule is CC(C)C[C@@H](C(=O)NCCc1ccc(O)cc1)n1cccc1. The highest BCUT2D eigenvalue weighted by Crippen LogP contribution is 2.18. The third-order valence-electron chi connectivity index (χ3n) is 3.63. The van der Waals surface area contributed by atoms with E-state index in [0.717, 1.165) is 18.4 Å². The first kappa shape index (κ1) is 16.1. The van der Waals surface area contributed by atoms with Crippen molar-refractivity contribution in [2.24, 2.45) is 5.92 Å². The predicted octanol–water partition coefficient (Wildman–Crippen LogP) is 3.14. The molecule has 0 radical (unpaired) electrons. The van der Waals surface area contributed by atoms with Crippen molar-refractivity contribution in [2.75, 3.05) is 6.54 Å². The van der Waals surface area contributed by atoms with Gasteiger partial charge in [-0.05, 0) is 48.6 Å². The van der Waals surface area contributed by atoms with Crippen molar-refractivity contribution in [2.45, 2.75) is 32.7 Å². The Morgan fingerprint density at radius 2 is 1.82 bits per heavy atom. The van der Waals surface area contributed by atoms with Crippen molar-refractivity contribution in [1.82, 2.24) is 9.88 Å². The molecule has 4 nitrogen and oxygen atoms in total. The highest BCUT2D eigenvalue weighted by molar-refractivity contribution is 5.80. The van der Waals surface area contributed by atoms with Crippen LogP contribution in [0.3, 0.4) is 0 Å². The van der Waals surface area contributed by atoms with Crippen LogP contribution < -0.4 is 5.32 Å². The van der Waals surface area contributed by atoms with Gasteiger partial charge in [0.1, 0.15) is 11.8 Å². The minimum atomic E-state index is -0.158. The highest BCUT2D eigenvalue weighted by atomic mass is 16.3. The number of carbonyl (C=O) groups excluding carboxylic acids is 1. The summed E-state index contributed by atoms with van der Waals surface area (Å²) in [7, 11) is 0. The lowest BCUT2D eigenvalue weighted by Gasteiger charge is -2.20. The average Bonchev–Trinajstić information content (AvgIpc) is 3.00. The Balaban J connectivity index is 1.89. The molecule has 0 aliphatic carbocycles. The number of nitrogens with zero attached hydrogens (tertiary/aromatic N) is 1. The molecule has 2 N–H and O–H groups in total. The van der Waals surface area contributed by atoms with Gasteiger partial charge in [-0.1, -0.05) is 26.0 Å². The molecular weight excluding hydrogens is 276 g/mol. The zero-order chi connectivity index (χ0) is 15.9. The van der Waals surface area contributed by atoms with Crippen molar-refractivity contribution in [3.8, 4) is 5.75 Å². The standard InChI is InChI=1S/C18H24N2O2/c1-14(2)13-17(20-11-3-4-12-20)18(22)19-10-9-15-5-7-16(21)8-6-15/h3-8,11-12,14,17,21H,9-10,13H2,1-2H3,(H,19,22)/t17-/m0/s1. The van der Waals surface area contributed by atoms with Crippen LogP contribution in [0.15, 0.2) is 48.8 Å². The van der Waals surface area contributed by atoms with Gasteiger partial charge in [-0.2, -0.15) is 0 Å². The fraction of sp³-hybridized carbons (Fsp3) is 0.389. The van der Waals surface area contributed by atoms with Gasteiger partial charge in [-0.15, -0.1) is 0 Å². The maximum absolute atomic E-state index is 12.4. The van der Waals surface area contributed by atoms with E-state index in [2.05, 4.69) is 19.2 Å². The molecule has 2 aromatic rings. The van der Waals surface area contributed by atoms with Crippen LogP contribution in [0.5, 0.6) is 5.75 Å². The van der Waals surface area contributed by atoms with Crippen LogP contribution >= 0.6 is 0 Å². The number of benzene rings is 1. The summed E-state index contributed by atoms with van der Waals surface area (Å²) < 4.78 is 1.97. The summed E-state index contributed by atoms with van der Waals surface area (Å²) in [5.74, 6) is 0.774. The number of phenols is 1. The Morgan fingerprint density at radius 1 is 1.18 bits per heavy atom. The van der Waals surface area contributed by atoms with Crippen LogP contribution in [0.25, 0.3) is 0 Å². The average molecular weight is 300 g/mol. The van der Waals surface area contributed by atoms with Crippen molar-refractivity contribution >= 4 is 5.91 Å². The lowest BCUT2D eigenvalue weighted by atomic mass is 10.0. The Morgan fingerprint density at radius 3 is 2.41 bits per heavy atom. The molecule has 0 bridgehead atoms. The molecule has 1 aromatic carbocycles. The van der Waals surface area contributed by atoms with Crippen LogP contribution in [0.4, 0.5) is 0 Å². The van der Waals surface area contributed by atoms with E-state index in [9.17, 15) is 9.90 Å². The number of carbonyl (C=O) groups is 1. The molecular formula is C18H24N2O2. The normalized spacial score (nSPS) is 12.3. The molecule has 0 saturated heterocycles. The largest absolute Gasteiger partial charge is 0.508 e. The number of phenolic OH excluding ortho intramolecular Hbond substituents is 1. The van der Waals surface area contributed by atoms with Gasteiger partial charge >= 0.3 is 0 Å². The van der Waals surface area contributed by atoms with E-state index in [1.165, 1.54) is 0 Å². The third-order valence-corrected chi connectivity index (χ3v) is 3.63. The number of hydrogen-bond acceptors (Lipinski definition) is 2. The van der Waals surface area contributed by atoms with E-state index >= 15 is 0 Å². The predicted molar refractivity (Wildman–Crippen MR) is 87.7 cm³/mol. The van der Waals surface area contributed by atoms with Gasteiger partial charge in [0.2, 0.25) is 5.91 Å². The summed E-state index contributed by atoms with van der Waals surface area (Å²) in [5.41, 5.74) is 1.10. The quantitative estimate of drug-likeness (QED) is 0.825. The fourth-order valence-electron chi connectivity index (χ4n) is 2.48. The summed E-state index contributed by atoms with van der Waals surface area (Å²) in [6.45, 7) is 4.85. The molecule has 0 spiro atoms. The van der Waals surface area contributed by atoms with Crippen LogP contribution in [0, 0.1) is 5.92 Å². The van der Waals surface area contributed by atoms with Crippen LogP contribution in [0.1, 0.15) is 31.9 Å². The van der Waals surface area contributed by atoms with Gasteiger partial charge < -0.3 is 15.0 Å². The van der Waals surface area contributed by atoms with Gasteiger partial charge in [-0.25, -0.2) is 0 Å². The van der Waals surface area contributed by atoms with E-state index in [-0.39, 0.29) is 17.7 Å². The lowest BCUT2D eigenvalue weighted by Crippen LogP contribution is -2.34. The van der Waals surface area contributed by atoms with Gasteiger partial charge in [0.05, 0.1) is 0 Å². The molecule has 0 unspecified atom stereocenters. The third kappa shape index (κ3) is 4.65. The molecule has 4 heteroatoms. The molecule has 1 atom stereocenters. The minimum absolute atomic E-state index is 0.0590. The number of hydrogen-bond donors (Lipinski definition) is 2. The van der Waals surface area contributed by atoms with E-state index in [1.807, 2.05) is 41.2 Å². The molecule has 0 aliphatic rings. The maximum Gasteiger partial charge on any atom is 0.243 e. The molecule has 0 saturated carbocycles. The van der Waals surface area contributed by atoms with Crippen molar-refractivity contribution in [3.05, 3.63) is 54.4 Å². The first-order chi connectivity index (χ1) is 10.6. The number of aromatic nitrogens is 1. The van der Waals surface area contributed by atoms with Gasteiger partial charge in [0.15, 0.2) is 0 Å². The van der Waals surface area contributed by atoms with Crippen molar-refractivity contribution in [3.63, 3.8) is 0 Å². The Bertz CT molecular complexity index is 574. The fourth-order valence-corrected chi connectivity index (χ4v) is 2.48. The Kier molecular flexibility index (Phi) is 5.64. The molecule has 0 aliphatic heterocycles. The monoisotopic (exact) mass is 300 g/mol. The van der Waals surface area contributed by atoms with E-state index in [4.69, 9.17) is 0 Å². The molecule has 1 heterocycles. The molecule has 118 valence electrons. The second-order valence-corrected chi connectivity index (χ2v) is 5.98. The minimum Gasteiger partial charge on any atom is -0.508 e. The van der Waals surface area contributed by atoms with Crippen molar-refractivity contribution < 1.29 is 9.90 Å². The first-order valence-electron chi connectivity index (χ1n) is 7.74. The second-order valence-electron chi connectivity index (χ2n) is 5.98. The smallest absolute Gasteiger partial charge is 0.243 e. The molecule has 1 amide bonds. The lowest BCUT2D eigenvalue weighted by molar-refractivity contribution is -0.124. The first-order valence-corrected chi connectivity index (χ1v) is 7.74. The maximum atomic E-state index is 12.4. The van der Waals surface area contributed by atoms with Gasteiger partial charge in [0, 0.05) is 18.9 Å². The molecule has 22 heavy (non-hydrogen) atoms. The van der Waals surface area contributed by atoms with Crippen LogP contribution in [-0.4, -0.2) is 22.1 Å². The zero-order valence-electron chi connectivity index (χ0n) is 13.2. The number of rotatable bonds is 7. The summed E-state index contributed by atoms with van der Waals surface area (Å²) in [4.78, 5) is 12.4. The molecule has 1 aromatic heterocycles. The zero-order valence-corrected chi connectivity index (χ0v) is 13.2. The Hall–Kier alpha value is -2.23.